The monoisotopic (exact) mass is 314 g/mol. The number of carbonyl (C=O) groups is 1. The van der Waals surface area contributed by atoms with Crippen LogP contribution in [-0.4, -0.2) is 32.7 Å². The van der Waals surface area contributed by atoms with Gasteiger partial charge in [-0.25, -0.2) is 0 Å². The number of halogens is 1. The van der Waals surface area contributed by atoms with Gasteiger partial charge in [0.2, 0.25) is 5.91 Å². The fourth-order valence-electron chi connectivity index (χ4n) is 2.16. The molecule has 0 bridgehead atoms. The lowest BCUT2D eigenvalue weighted by molar-refractivity contribution is -0.121. The van der Waals surface area contributed by atoms with Crippen molar-refractivity contribution in [2.45, 2.75) is 13.8 Å². The highest BCUT2D eigenvalue weighted by Crippen LogP contribution is 2.30. The molecule has 1 aromatic rings. The standard InChI is InChI=1S/C15H22N2O3.ClH/c1-4-20-14-7-12(5-6-13(14)19-3)17-15(18)10(2)11-8-16-9-11;/h5-7,10-11,16H,4,8-9H2,1-3H3,(H,17,18);1H. The average Bonchev–Trinajstić information content (AvgIpc) is 2.37. The van der Waals surface area contributed by atoms with Crippen LogP contribution in [0.15, 0.2) is 18.2 Å². The van der Waals surface area contributed by atoms with Gasteiger partial charge in [0.15, 0.2) is 11.5 Å². The van der Waals surface area contributed by atoms with E-state index in [1.807, 2.05) is 19.9 Å². The molecule has 1 aromatic carbocycles. The van der Waals surface area contributed by atoms with Crippen molar-refractivity contribution < 1.29 is 14.3 Å². The summed E-state index contributed by atoms with van der Waals surface area (Å²) in [5.74, 6) is 1.80. The Hall–Kier alpha value is -1.46. The Morgan fingerprint density at radius 3 is 2.67 bits per heavy atom. The molecule has 1 atom stereocenters. The number of amides is 1. The van der Waals surface area contributed by atoms with Crippen LogP contribution in [0.25, 0.3) is 0 Å². The third-order valence-electron chi connectivity index (χ3n) is 3.66. The van der Waals surface area contributed by atoms with E-state index in [2.05, 4.69) is 10.6 Å². The van der Waals surface area contributed by atoms with Gasteiger partial charge in [-0.1, -0.05) is 6.92 Å². The van der Waals surface area contributed by atoms with Crippen LogP contribution in [0.4, 0.5) is 5.69 Å². The van der Waals surface area contributed by atoms with Crippen LogP contribution >= 0.6 is 12.4 Å². The molecule has 0 saturated carbocycles. The van der Waals surface area contributed by atoms with Gasteiger partial charge in [0.25, 0.3) is 0 Å². The minimum Gasteiger partial charge on any atom is -0.493 e. The van der Waals surface area contributed by atoms with Gasteiger partial charge < -0.3 is 20.1 Å². The van der Waals surface area contributed by atoms with Crippen molar-refractivity contribution in [1.82, 2.24) is 5.32 Å². The maximum Gasteiger partial charge on any atom is 0.227 e. The van der Waals surface area contributed by atoms with Crippen LogP contribution in [0.2, 0.25) is 0 Å². The van der Waals surface area contributed by atoms with Gasteiger partial charge in [0.1, 0.15) is 0 Å². The van der Waals surface area contributed by atoms with Gasteiger partial charge in [0, 0.05) is 17.7 Å². The molecule has 1 aliphatic rings. The average molecular weight is 315 g/mol. The first-order valence-electron chi connectivity index (χ1n) is 6.98. The number of hydrogen-bond acceptors (Lipinski definition) is 4. The first-order chi connectivity index (χ1) is 9.65. The van der Waals surface area contributed by atoms with Crippen LogP contribution in [0, 0.1) is 11.8 Å². The Labute approximate surface area is 131 Å². The van der Waals surface area contributed by atoms with Gasteiger partial charge in [0.05, 0.1) is 13.7 Å². The predicted octanol–water partition coefficient (Wildman–Crippen LogP) is 2.31. The Morgan fingerprint density at radius 1 is 1.43 bits per heavy atom. The summed E-state index contributed by atoms with van der Waals surface area (Å²) in [5.41, 5.74) is 0.735. The maximum atomic E-state index is 12.2. The summed E-state index contributed by atoms with van der Waals surface area (Å²) in [6.45, 7) is 6.27. The third-order valence-corrected chi connectivity index (χ3v) is 3.66. The molecule has 0 aliphatic carbocycles. The predicted molar refractivity (Wildman–Crippen MR) is 85.6 cm³/mol. The van der Waals surface area contributed by atoms with Crippen LogP contribution in [0.1, 0.15) is 13.8 Å². The van der Waals surface area contributed by atoms with E-state index in [-0.39, 0.29) is 24.2 Å². The van der Waals surface area contributed by atoms with E-state index in [1.54, 1.807) is 19.2 Å². The molecule has 1 heterocycles. The molecule has 2 rings (SSSR count). The second kappa shape index (κ2) is 8.10. The molecule has 2 N–H and O–H groups in total. The number of methoxy groups -OCH3 is 1. The van der Waals surface area contributed by atoms with Gasteiger partial charge in [-0.05, 0) is 38.1 Å². The molecule has 5 nitrogen and oxygen atoms in total. The number of ether oxygens (including phenoxy) is 2. The molecular formula is C15H23ClN2O3. The lowest BCUT2D eigenvalue weighted by Crippen LogP contribution is -2.48. The Kier molecular flexibility index (Phi) is 6.78. The minimum atomic E-state index is 0. The molecule has 1 unspecified atom stereocenters. The first-order valence-corrected chi connectivity index (χ1v) is 6.98. The molecule has 1 amide bonds. The topological polar surface area (TPSA) is 59.6 Å². The molecule has 0 aromatic heterocycles. The van der Waals surface area contributed by atoms with Crippen LogP contribution < -0.4 is 20.1 Å². The Bertz CT molecular complexity index is 478. The Balaban J connectivity index is 0.00000220. The summed E-state index contributed by atoms with van der Waals surface area (Å²) in [5, 5.41) is 6.12. The number of rotatable bonds is 6. The molecule has 1 fully saturated rings. The third kappa shape index (κ3) is 4.25. The van der Waals surface area contributed by atoms with E-state index < -0.39 is 0 Å². The van der Waals surface area contributed by atoms with Crippen molar-refractivity contribution in [3.8, 4) is 11.5 Å². The molecule has 0 spiro atoms. The fourth-order valence-corrected chi connectivity index (χ4v) is 2.16. The molecular weight excluding hydrogens is 292 g/mol. The fraction of sp³-hybridized carbons (Fsp3) is 0.533. The molecule has 1 aliphatic heterocycles. The van der Waals surface area contributed by atoms with Crippen molar-refractivity contribution in [3.05, 3.63) is 18.2 Å². The van der Waals surface area contributed by atoms with Crippen LogP contribution in [0.5, 0.6) is 11.5 Å². The number of hydrogen-bond donors (Lipinski definition) is 2. The van der Waals surface area contributed by atoms with Gasteiger partial charge >= 0.3 is 0 Å². The van der Waals surface area contributed by atoms with E-state index in [0.717, 1.165) is 18.8 Å². The summed E-state index contributed by atoms with van der Waals surface area (Å²) in [6, 6.07) is 5.42. The summed E-state index contributed by atoms with van der Waals surface area (Å²) in [7, 11) is 1.60. The number of nitrogens with one attached hydrogen (secondary N) is 2. The van der Waals surface area contributed by atoms with Crippen molar-refractivity contribution in [2.75, 3.05) is 32.1 Å². The lowest BCUT2D eigenvalue weighted by Gasteiger charge is -2.31. The molecule has 21 heavy (non-hydrogen) atoms. The Morgan fingerprint density at radius 2 is 2.14 bits per heavy atom. The number of anilines is 1. The van der Waals surface area contributed by atoms with E-state index in [1.165, 1.54) is 0 Å². The lowest BCUT2D eigenvalue weighted by atomic mass is 9.88. The van der Waals surface area contributed by atoms with E-state index in [0.29, 0.717) is 24.0 Å². The SMILES string of the molecule is CCOc1cc(NC(=O)C(C)C2CNC2)ccc1OC.Cl. The highest BCUT2D eigenvalue weighted by atomic mass is 35.5. The molecule has 118 valence electrons. The highest BCUT2D eigenvalue weighted by Gasteiger charge is 2.28. The zero-order chi connectivity index (χ0) is 14.5. The summed E-state index contributed by atoms with van der Waals surface area (Å²) in [6.07, 6.45) is 0. The quantitative estimate of drug-likeness (QED) is 0.846. The second-order valence-corrected chi connectivity index (χ2v) is 4.99. The molecule has 1 saturated heterocycles. The van der Waals surface area contributed by atoms with Crippen molar-refractivity contribution in [2.24, 2.45) is 11.8 Å². The smallest absolute Gasteiger partial charge is 0.227 e. The van der Waals surface area contributed by atoms with Crippen molar-refractivity contribution in [1.29, 1.82) is 0 Å². The zero-order valence-corrected chi connectivity index (χ0v) is 13.5. The van der Waals surface area contributed by atoms with Crippen molar-refractivity contribution in [3.63, 3.8) is 0 Å². The summed E-state index contributed by atoms with van der Waals surface area (Å²) >= 11 is 0. The van der Waals surface area contributed by atoms with E-state index in [9.17, 15) is 4.79 Å². The highest BCUT2D eigenvalue weighted by molar-refractivity contribution is 5.93. The van der Waals surface area contributed by atoms with Gasteiger partial charge in [-0.2, -0.15) is 0 Å². The number of carbonyl (C=O) groups excluding carboxylic acids is 1. The van der Waals surface area contributed by atoms with Gasteiger partial charge in [-0.3, -0.25) is 4.79 Å². The van der Waals surface area contributed by atoms with E-state index in [4.69, 9.17) is 9.47 Å². The van der Waals surface area contributed by atoms with Crippen LogP contribution in [-0.2, 0) is 4.79 Å². The summed E-state index contributed by atoms with van der Waals surface area (Å²) < 4.78 is 10.7. The van der Waals surface area contributed by atoms with Crippen LogP contribution in [0.3, 0.4) is 0 Å². The first kappa shape index (κ1) is 17.6. The molecule has 6 heteroatoms. The largest absolute Gasteiger partial charge is 0.493 e. The second-order valence-electron chi connectivity index (χ2n) is 4.99. The zero-order valence-electron chi connectivity index (χ0n) is 12.6. The summed E-state index contributed by atoms with van der Waals surface area (Å²) in [4.78, 5) is 12.2. The van der Waals surface area contributed by atoms with Crippen molar-refractivity contribution >= 4 is 24.0 Å². The van der Waals surface area contributed by atoms with Gasteiger partial charge in [-0.15, -0.1) is 12.4 Å². The van der Waals surface area contributed by atoms with E-state index >= 15 is 0 Å². The maximum absolute atomic E-state index is 12.2. The normalized spacial score (nSPS) is 15.4. The minimum absolute atomic E-state index is 0. The number of benzene rings is 1. The molecule has 0 radical (unpaired) electrons.